The van der Waals surface area contributed by atoms with E-state index in [0.29, 0.717) is 22.6 Å². The first-order valence-corrected chi connectivity index (χ1v) is 25.1. The molecule has 0 bridgehead atoms. The van der Waals surface area contributed by atoms with Gasteiger partial charge in [-0.2, -0.15) is 0 Å². The molecule has 4 aromatic carbocycles. The van der Waals surface area contributed by atoms with Gasteiger partial charge >= 0.3 is 42.1 Å². The highest BCUT2D eigenvalue weighted by Crippen LogP contribution is 2.35. The Balaban J connectivity index is 0.888. The van der Waals surface area contributed by atoms with Crippen LogP contribution in [0.15, 0.2) is 84.9 Å². The van der Waals surface area contributed by atoms with Crippen molar-refractivity contribution < 1.29 is 90.6 Å². The molecule has 2 fully saturated rings. The molecule has 25 heteroatoms. The first-order valence-electron chi connectivity index (χ1n) is 25.1. The Morgan fingerprint density at radius 3 is 2.00 bits per heavy atom. The monoisotopic (exact) mass is 1110 g/mol. The van der Waals surface area contributed by atoms with Gasteiger partial charge in [0.1, 0.15) is 36.4 Å². The third-order valence-corrected chi connectivity index (χ3v) is 12.1. The van der Waals surface area contributed by atoms with Crippen molar-refractivity contribution in [3.05, 3.63) is 118 Å². The summed E-state index contributed by atoms with van der Waals surface area (Å²) in [4.78, 5) is 127. The molecule has 5 N–H and O–H groups in total. The number of methoxy groups -OCH3 is 1. The zero-order chi connectivity index (χ0) is 57.8. The molecule has 6 atom stereocenters. The fraction of sp³-hybridized carbons (Fsp3) is 0.382. The summed E-state index contributed by atoms with van der Waals surface area (Å²) in [6, 6.07) is 22.3. The van der Waals surface area contributed by atoms with Gasteiger partial charge in [0.05, 0.1) is 12.8 Å². The maximum atomic E-state index is 13.1. The van der Waals surface area contributed by atoms with Crippen LogP contribution < -0.4 is 36.1 Å². The second-order valence-electron chi connectivity index (χ2n) is 19.5. The number of carbonyl (C=O) groups is 10. The Hall–Kier alpha value is -9.26. The Kier molecular flexibility index (Phi) is 18.9. The minimum Gasteiger partial charge on any atom is -0.489 e. The molecule has 0 saturated carbocycles. The predicted octanol–water partition coefficient (Wildman–Crippen LogP) is 5.19. The molecule has 25 nitrogen and oxygen atoms in total. The van der Waals surface area contributed by atoms with Crippen LogP contribution in [-0.2, 0) is 94.8 Å². The molecule has 3 heterocycles. The van der Waals surface area contributed by atoms with E-state index in [1.807, 2.05) is 18.2 Å². The third-order valence-electron chi connectivity index (χ3n) is 12.1. The number of hydrogen-bond acceptors (Lipinski definition) is 19. The van der Waals surface area contributed by atoms with Crippen molar-refractivity contribution in [2.45, 2.75) is 130 Å². The van der Waals surface area contributed by atoms with Crippen LogP contribution in [0.5, 0.6) is 11.5 Å². The van der Waals surface area contributed by atoms with Gasteiger partial charge in [-0.05, 0) is 97.5 Å². The largest absolute Gasteiger partial charge is 0.489 e. The number of rotatable bonds is 18. The summed E-state index contributed by atoms with van der Waals surface area (Å²) in [5, 5.41) is 13.1. The maximum absolute atomic E-state index is 13.1. The molecule has 0 aliphatic carbocycles. The van der Waals surface area contributed by atoms with Crippen LogP contribution in [0, 0.1) is 0 Å². The summed E-state index contributed by atoms with van der Waals surface area (Å²) in [6.45, 7) is 8.47. The molecule has 0 spiro atoms. The number of fused-ring (bicyclic) bond motifs is 1. The zero-order valence-corrected chi connectivity index (χ0v) is 44.7. The number of amides is 7. The number of ether oxygens (including phenoxy) is 9. The summed E-state index contributed by atoms with van der Waals surface area (Å²) in [5.41, 5.74) is 3.42. The van der Waals surface area contributed by atoms with Gasteiger partial charge in [-0.1, -0.05) is 42.5 Å². The molecule has 7 amide bonds. The van der Waals surface area contributed by atoms with E-state index in [1.165, 1.54) is 23.1 Å². The lowest BCUT2D eigenvalue weighted by Gasteiger charge is -2.43. The van der Waals surface area contributed by atoms with Gasteiger partial charge in [-0.3, -0.25) is 39.4 Å². The van der Waals surface area contributed by atoms with Gasteiger partial charge in [-0.25, -0.2) is 19.2 Å². The summed E-state index contributed by atoms with van der Waals surface area (Å²) in [7, 11) is 1.04. The van der Waals surface area contributed by atoms with Gasteiger partial charge in [0, 0.05) is 58.1 Å². The van der Waals surface area contributed by atoms with E-state index in [0.717, 1.165) is 50.1 Å². The van der Waals surface area contributed by atoms with Crippen LogP contribution in [0.25, 0.3) is 0 Å². The van der Waals surface area contributed by atoms with E-state index in [9.17, 15) is 47.9 Å². The number of nitrogens with one attached hydrogen (secondary N) is 5. The number of benzene rings is 4. The molecule has 3 aliphatic rings. The molecule has 4 aromatic rings. The molecular formula is C55H60N6O19. The predicted molar refractivity (Wildman–Crippen MR) is 277 cm³/mol. The van der Waals surface area contributed by atoms with E-state index in [4.69, 9.17) is 42.6 Å². The molecule has 2 saturated heterocycles. The number of carbonyl (C=O) groups excluding carboxylic acids is 10. The topological polar surface area (TPSA) is 317 Å². The van der Waals surface area contributed by atoms with Gasteiger partial charge < -0.3 is 63.5 Å². The zero-order valence-electron chi connectivity index (χ0n) is 44.7. The second kappa shape index (κ2) is 25.9. The maximum Gasteiger partial charge on any atom is 0.412 e. The first kappa shape index (κ1) is 58.4. The number of anilines is 2. The highest BCUT2D eigenvalue weighted by Gasteiger charge is 2.56. The van der Waals surface area contributed by atoms with Crippen molar-refractivity contribution in [2.75, 3.05) is 17.7 Å². The van der Waals surface area contributed by atoms with Crippen molar-refractivity contribution in [1.82, 2.24) is 20.9 Å². The summed E-state index contributed by atoms with van der Waals surface area (Å²) in [5.74, 6) is -4.44. The number of nitrogens with zero attached hydrogens (tertiary/aromatic N) is 1. The summed E-state index contributed by atoms with van der Waals surface area (Å²) in [6.07, 6.45) is -9.72. The number of urea groups is 1. The normalized spacial score (nSPS) is 19.4. The van der Waals surface area contributed by atoms with Crippen LogP contribution in [0.4, 0.5) is 25.8 Å². The van der Waals surface area contributed by atoms with E-state index >= 15 is 0 Å². The van der Waals surface area contributed by atoms with E-state index in [2.05, 4.69) is 26.6 Å². The minimum absolute atomic E-state index is 0.0552. The molecule has 0 radical (unpaired) electrons. The highest BCUT2D eigenvalue weighted by atomic mass is 16.7. The lowest BCUT2D eigenvalue weighted by atomic mass is 9.97. The highest BCUT2D eigenvalue weighted by molar-refractivity contribution is 6.05. The van der Waals surface area contributed by atoms with Gasteiger partial charge in [-0.15, -0.1) is 0 Å². The van der Waals surface area contributed by atoms with Crippen LogP contribution in [-0.4, -0.2) is 114 Å². The lowest BCUT2D eigenvalue weighted by Crippen LogP contribution is -2.64. The van der Waals surface area contributed by atoms with Crippen molar-refractivity contribution in [2.24, 2.45) is 0 Å². The van der Waals surface area contributed by atoms with Crippen molar-refractivity contribution >= 4 is 71.2 Å². The number of alkyl carbamates (subject to hydrolysis) is 1. The lowest BCUT2D eigenvalue weighted by molar-refractivity contribution is -0.282. The standard InChI is InChI=1S/C55H60N6O19/c1-29(62)75-44-45(76-30(2)63)47(77-31(3)64)51(79-46(44)50(68)72-7)78-42-20-13-35(23-40(42)59-54(71)80-55(4,5)6)28-74-53(70)57-24-32-8-10-33(11-9-32)27-73-38-16-14-37(15-17-38)58-52(69)56-25-34-12-18-39-36(22-34)26-61(49(39)67)41-19-21-43(65)60-48(41)66/h8-18,20,22-23,41,44-47,51H,19,21,24-28H2,1-7H3,(H,57,70)(H,59,71)(H2,56,58,69)(H,60,65,66)/t41?,44-,45-,46-,47+,51+/m0/s1. The number of hydrogen-bond donors (Lipinski definition) is 5. The summed E-state index contributed by atoms with van der Waals surface area (Å²) >= 11 is 0. The Morgan fingerprint density at radius 2 is 1.34 bits per heavy atom. The van der Waals surface area contributed by atoms with Crippen molar-refractivity contribution in [3.8, 4) is 11.5 Å². The van der Waals surface area contributed by atoms with Crippen molar-refractivity contribution in [3.63, 3.8) is 0 Å². The van der Waals surface area contributed by atoms with E-state index in [-0.39, 0.29) is 68.9 Å². The number of piperidine rings is 1. The van der Waals surface area contributed by atoms with E-state index < -0.39 is 90.4 Å². The molecule has 0 aromatic heterocycles. The van der Waals surface area contributed by atoms with Crippen LogP contribution in [0.3, 0.4) is 0 Å². The van der Waals surface area contributed by atoms with Crippen LogP contribution in [0.1, 0.15) is 92.6 Å². The Bertz CT molecular complexity index is 3020. The molecule has 3 aliphatic heterocycles. The van der Waals surface area contributed by atoms with Crippen molar-refractivity contribution in [1.29, 1.82) is 0 Å². The Morgan fingerprint density at radius 1 is 0.700 bits per heavy atom. The SMILES string of the molecule is COC(=O)[C@H]1O[C@@H](Oc2ccc(COC(=O)NCc3ccc(COc4ccc(NC(=O)NCc5ccc6c(c5)CN(C5CCC(=O)NC5=O)C6=O)cc4)cc3)cc2NC(=O)OC(C)(C)C)[C@H](OC(C)=O)[C@@H](OC(C)=O)[C@@H]1OC(C)=O. The smallest absolute Gasteiger partial charge is 0.412 e. The fourth-order valence-electron chi connectivity index (χ4n) is 8.60. The average molecular weight is 1110 g/mol. The second-order valence-corrected chi connectivity index (χ2v) is 19.5. The average Bonchev–Trinajstić information content (AvgIpc) is 3.80. The number of esters is 4. The van der Waals surface area contributed by atoms with Crippen LogP contribution in [0.2, 0.25) is 0 Å². The molecule has 7 rings (SSSR count). The molecule has 80 heavy (non-hydrogen) atoms. The Labute approximate surface area is 458 Å². The van der Waals surface area contributed by atoms with Gasteiger partial charge in [0.15, 0.2) is 18.3 Å². The fourth-order valence-corrected chi connectivity index (χ4v) is 8.60. The minimum atomic E-state index is -1.75. The molecular weight excluding hydrogens is 1050 g/mol. The first-order chi connectivity index (χ1) is 38.0. The van der Waals surface area contributed by atoms with E-state index in [1.54, 1.807) is 69.3 Å². The quantitative estimate of drug-likeness (QED) is 0.0486. The summed E-state index contributed by atoms with van der Waals surface area (Å²) < 4.78 is 49.9. The van der Waals surface area contributed by atoms with Gasteiger partial charge in [0.2, 0.25) is 24.2 Å². The molecule has 424 valence electrons. The third kappa shape index (κ3) is 15.9. The number of imide groups is 1. The van der Waals surface area contributed by atoms with Crippen LogP contribution >= 0.6 is 0 Å². The molecule has 1 unspecified atom stereocenters. The van der Waals surface area contributed by atoms with Gasteiger partial charge in [0.25, 0.3) is 5.91 Å².